The van der Waals surface area contributed by atoms with Gasteiger partial charge >= 0.3 is 0 Å². The van der Waals surface area contributed by atoms with E-state index in [4.69, 9.17) is 9.47 Å². The number of amides is 1. The van der Waals surface area contributed by atoms with Gasteiger partial charge in [-0.3, -0.25) is 4.79 Å². The third-order valence-corrected chi connectivity index (χ3v) is 5.49. The zero-order valence-electron chi connectivity index (χ0n) is 17.2. The first-order valence-electron chi connectivity index (χ1n) is 9.14. The number of ether oxygens (including phenoxy) is 2. The highest BCUT2D eigenvalue weighted by molar-refractivity contribution is 7.98. The molecule has 0 saturated carbocycles. The summed E-state index contributed by atoms with van der Waals surface area (Å²) in [5.74, 6) is 1.70. The molecule has 0 fully saturated rings. The standard InChI is InChI=1S/C21H23N5O3S/c1-14(17-9-10-18(28-3)19(11-17)29-4)23-24-20(27)16-7-5-15(6-8-16)12-30-21-25-22-13-26(21)2/h5-11,13H,12H2,1-4H3,(H,24,27)/b23-14+. The van der Waals surface area contributed by atoms with Crippen LogP contribution in [-0.2, 0) is 12.8 Å². The minimum absolute atomic E-state index is 0.276. The number of hydrogen-bond acceptors (Lipinski definition) is 7. The van der Waals surface area contributed by atoms with Gasteiger partial charge in [-0.25, -0.2) is 5.43 Å². The first kappa shape index (κ1) is 21.4. The Bertz CT molecular complexity index is 1050. The molecule has 1 N–H and O–H groups in total. The molecule has 0 saturated heterocycles. The van der Waals surface area contributed by atoms with E-state index in [1.807, 2.05) is 42.8 Å². The number of rotatable bonds is 8. The van der Waals surface area contributed by atoms with Crippen LogP contribution in [0, 0.1) is 0 Å². The average molecular weight is 426 g/mol. The first-order valence-corrected chi connectivity index (χ1v) is 10.1. The maximum Gasteiger partial charge on any atom is 0.271 e. The van der Waals surface area contributed by atoms with E-state index in [9.17, 15) is 4.79 Å². The number of methoxy groups -OCH3 is 2. The fourth-order valence-electron chi connectivity index (χ4n) is 2.63. The minimum Gasteiger partial charge on any atom is -0.493 e. The van der Waals surface area contributed by atoms with Crippen LogP contribution in [0.2, 0.25) is 0 Å². The number of hydrazone groups is 1. The molecule has 3 aromatic rings. The summed E-state index contributed by atoms with van der Waals surface area (Å²) < 4.78 is 12.4. The van der Waals surface area contributed by atoms with Gasteiger partial charge in [0.25, 0.3) is 5.91 Å². The van der Waals surface area contributed by atoms with E-state index >= 15 is 0 Å². The largest absolute Gasteiger partial charge is 0.493 e. The van der Waals surface area contributed by atoms with Gasteiger partial charge in [0, 0.05) is 23.9 Å². The predicted molar refractivity (Wildman–Crippen MR) is 116 cm³/mol. The van der Waals surface area contributed by atoms with Crippen molar-refractivity contribution in [1.82, 2.24) is 20.2 Å². The average Bonchev–Trinajstić information content (AvgIpc) is 3.20. The van der Waals surface area contributed by atoms with Gasteiger partial charge in [0.1, 0.15) is 6.33 Å². The molecular weight excluding hydrogens is 402 g/mol. The summed E-state index contributed by atoms with van der Waals surface area (Å²) in [6, 6.07) is 12.9. The molecule has 0 aliphatic rings. The van der Waals surface area contributed by atoms with Crippen molar-refractivity contribution in [1.29, 1.82) is 0 Å². The van der Waals surface area contributed by atoms with Gasteiger partial charge in [-0.2, -0.15) is 5.10 Å². The van der Waals surface area contributed by atoms with Crippen LogP contribution in [0.25, 0.3) is 0 Å². The maximum atomic E-state index is 12.4. The van der Waals surface area contributed by atoms with E-state index in [1.165, 1.54) is 0 Å². The molecule has 156 valence electrons. The van der Waals surface area contributed by atoms with Crippen LogP contribution < -0.4 is 14.9 Å². The summed E-state index contributed by atoms with van der Waals surface area (Å²) in [7, 11) is 5.06. The third kappa shape index (κ3) is 5.18. The van der Waals surface area contributed by atoms with E-state index in [1.54, 1.807) is 50.5 Å². The van der Waals surface area contributed by atoms with Crippen molar-refractivity contribution in [2.45, 2.75) is 17.8 Å². The van der Waals surface area contributed by atoms with Crippen molar-refractivity contribution in [3.8, 4) is 11.5 Å². The van der Waals surface area contributed by atoms with Gasteiger partial charge in [-0.1, -0.05) is 23.9 Å². The molecule has 30 heavy (non-hydrogen) atoms. The van der Waals surface area contributed by atoms with Gasteiger partial charge in [0.2, 0.25) is 0 Å². The molecule has 0 spiro atoms. The topological polar surface area (TPSA) is 90.6 Å². The number of aromatic nitrogens is 3. The van der Waals surface area contributed by atoms with Gasteiger partial charge in [0.15, 0.2) is 16.7 Å². The molecule has 9 heteroatoms. The Balaban J connectivity index is 1.60. The van der Waals surface area contributed by atoms with Crippen molar-refractivity contribution in [3.63, 3.8) is 0 Å². The van der Waals surface area contributed by atoms with E-state index in [0.717, 1.165) is 22.0 Å². The second-order valence-corrected chi connectivity index (χ2v) is 7.36. The maximum absolute atomic E-state index is 12.4. The fourth-order valence-corrected chi connectivity index (χ4v) is 3.47. The zero-order valence-corrected chi connectivity index (χ0v) is 18.1. The van der Waals surface area contributed by atoms with Gasteiger partial charge in [0.05, 0.1) is 19.9 Å². The van der Waals surface area contributed by atoms with Crippen LogP contribution in [0.5, 0.6) is 11.5 Å². The highest BCUT2D eigenvalue weighted by Crippen LogP contribution is 2.27. The molecule has 1 heterocycles. The number of carbonyl (C=O) groups excluding carboxylic acids is 1. The van der Waals surface area contributed by atoms with Gasteiger partial charge in [-0.15, -0.1) is 10.2 Å². The molecule has 1 aromatic heterocycles. The number of carbonyl (C=O) groups is 1. The van der Waals surface area contributed by atoms with Crippen molar-refractivity contribution >= 4 is 23.4 Å². The molecule has 0 aliphatic heterocycles. The van der Waals surface area contributed by atoms with Crippen LogP contribution in [0.15, 0.2) is 59.0 Å². The number of nitrogens with one attached hydrogen (secondary N) is 1. The first-order chi connectivity index (χ1) is 14.5. The van der Waals surface area contributed by atoms with E-state index in [2.05, 4.69) is 20.7 Å². The Morgan fingerprint density at radius 1 is 1.10 bits per heavy atom. The van der Waals surface area contributed by atoms with E-state index in [0.29, 0.717) is 22.8 Å². The van der Waals surface area contributed by atoms with Crippen LogP contribution >= 0.6 is 11.8 Å². The fraction of sp³-hybridized carbons (Fsp3) is 0.238. The van der Waals surface area contributed by atoms with Crippen LogP contribution in [0.4, 0.5) is 0 Å². The van der Waals surface area contributed by atoms with Crippen LogP contribution in [-0.4, -0.2) is 40.6 Å². The molecule has 2 aromatic carbocycles. The monoisotopic (exact) mass is 425 g/mol. The second-order valence-electron chi connectivity index (χ2n) is 6.42. The second kappa shape index (κ2) is 9.93. The summed E-state index contributed by atoms with van der Waals surface area (Å²) in [4.78, 5) is 12.4. The summed E-state index contributed by atoms with van der Waals surface area (Å²) in [5.41, 5.74) is 5.69. The summed E-state index contributed by atoms with van der Waals surface area (Å²) in [5, 5.41) is 13.0. The lowest BCUT2D eigenvalue weighted by Gasteiger charge is -2.09. The lowest BCUT2D eigenvalue weighted by molar-refractivity contribution is 0.0955. The predicted octanol–water partition coefficient (Wildman–Crippen LogP) is 3.28. The van der Waals surface area contributed by atoms with Crippen LogP contribution in [0.1, 0.15) is 28.4 Å². The van der Waals surface area contributed by atoms with Gasteiger partial charge in [-0.05, 0) is 42.8 Å². The minimum atomic E-state index is -0.276. The Morgan fingerprint density at radius 2 is 1.80 bits per heavy atom. The van der Waals surface area contributed by atoms with Gasteiger partial charge < -0.3 is 14.0 Å². The number of thioether (sulfide) groups is 1. The van der Waals surface area contributed by atoms with Crippen LogP contribution in [0.3, 0.4) is 0 Å². The van der Waals surface area contributed by atoms with Crippen molar-refractivity contribution in [3.05, 3.63) is 65.5 Å². The Hall–Kier alpha value is -3.33. The number of nitrogens with zero attached hydrogens (tertiary/aromatic N) is 4. The molecule has 1 amide bonds. The highest BCUT2D eigenvalue weighted by atomic mass is 32.2. The van der Waals surface area contributed by atoms with Crippen molar-refractivity contribution in [2.75, 3.05) is 14.2 Å². The van der Waals surface area contributed by atoms with E-state index in [-0.39, 0.29) is 5.91 Å². The molecule has 0 aliphatic carbocycles. The molecular formula is C21H23N5O3S. The molecule has 8 nitrogen and oxygen atoms in total. The third-order valence-electron chi connectivity index (χ3n) is 4.38. The Labute approximate surface area is 179 Å². The Kier molecular flexibility index (Phi) is 7.08. The lowest BCUT2D eigenvalue weighted by atomic mass is 10.1. The van der Waals surface area contributed by atoms with E-state index < -0.39 is 0 Å². The highest BCUT2D eigenvalue weighted by Gasteiger charge is 2.09. The molecule has 0 atom stereocenters. The molecule has 3 rings (SSSR count). The van der Waals surface area contributed by atoms with Crippen molar-refractivity contribution in [2.24, 2.45) is 12.1 Å². The zero-order chi connectivity index (χ0) is 21.5. The summed E-state index contributed by atoms with van der Waals surface area (Å²) in [6.07, 6.45) is 1.67. The number of hydrogen-bond donors (Lipinski definition) is 1. The smallest absolute Gasteiger partial charge is 0.271 e. The molecule has 0 unspecified atom stereocenters. The number of benzene rings is 2. The summed E-state index contributed by atoms with van der Waals surface area (Å²) >= 11 is 1.59. The lowest BCUT2D eigenvalue weighted by Crippen LogP contribution is -2.19. The SMILES string of the molecule is COc1ccc(/C(C)=N/NC(=O)c2ccc(CSc3nncn3C)cc2)cc1OC. The normalized spacial score (nSPS) is 11.3. The number of aryl methyl sites for hydroxylation is 1. The summed E-state index contributed by atoms with van der Waals surface area (Å²) in [6.45, 7) is 1.81. The molecule has 0 bridgehead atoms. The van der Waals surface area contributed by atoms with Crippen molar-refractivity contribution < 1.29 is 14.3 Å². The Morgan fingerprint density at radius 3 is 2.43 bits per heavy atom. The molecule has 0 radical (unpaired) electrons. The quantitative estimate of drug-likeness (QED) is 0.338.